The van der Waals surface area contributed by atoms with Crippen molar-refractivity contribution in [2.75, 3.05) is 13.7 Å². The second-order valence-electron chi connectivity index (χ2n) is 3.85. The molecule has 1 heterocycles. The molecule has 0 unspecified atom stereocenters. The summed E-state index contributed by atoms with van der Waals surface area (Å²) in [5.41, 5.74) is 1.76. The Morgan fingerprint density at radius 3 is 3.00 bits per heavy atom. The summed E-state index contributed by atoms with van der Waals surface area (Å²) in [5.74, 6) is 0.679. The monoisotopic (exact) mass is 265 g/mol. The van der Waals surface area contributed by atoms with Gasteiger partial charge in [0.2, 0.25) is 5.91 Å². The van der Waals surface area contributed by atoms with Gasteiger partial charge in [-0.05, 0) is 31.3 Å². The zero-order valence-electron chi connectivity index (χ0n) is 10.3. The van der Waals surface area contributed by atoms with Gasteiger partial charge in [-0.25, -0.2) is 0 Å². The first-order valence-corrected chi connectivity index (χ1v) is 6.09. The average molecular weight is 265 g/mol. The van der Waals surface area contributed by atoms with Crippen LogP contribution in [0.4, 0.5) is 0 Å². The molecule has 1 amide bonds. The zero-order chi connectivity index (χ0) is 13.1. The molecule has 0 spiro atoms. The van der Waals surface area contributed by atoms with E-state index < -0.39 is 0 Å². The van der Waals surface area contributed by atoms with Crippen molar-refractivity contribution < 1.29 is 9.53 Å². The summed E-state index contributed by atoms with van der Waals surface area (Å²) in [6.45, 7) is 2.70. The molecule has 0 fully saturated rings. The van der Waals surface area contributed by atoms with Crippen molar-refractivity contribution in [2.24, 2.45) is 0 Å². The number of hydrogen-bond acceptors (Lipinski definition) is 3. The molecule has 0 saturated heterocycles. The number of amides is 1. The van der Waals surface area contributed by atoms with Crippen molar-refractivity contribution in [3.05, 3.63) is 23.0 Å². The molecule has 0 aliphatic carbocycles. The number of carbonyl (C=O) groups excluding carboxylic acids is 1. The number of aromatic nitrogens is 2. The van der Waals surface area contributed by atoms with Crippen molar-refractivity contribution in [3.8, 4) is 5.75 Å². The number of ether oxygens (including phenoxy) is 1. The molecule has 1 aromatic carbocycles. The molecule has 5 nitrogen and oxygen atoms in total. The Labute approximate surface area is 110 Å². The maximum Gasteiger partial charge on any atom is 0.240 e. The molecule has 0 saturated carbocycles. The van der Waals surface area contributed by atoms with E-state index in [1.807, 2.05) is 25.1 Å². The summed E-state index contributed by atoms with van der Waals surface area (Å²) < 4.78 is 7.47. The highest BCUT2D eigenvalue weighted by Crippen LogP contribution is 2.20. The third kappa shape index (κ3) is 2.38. The smallest absolute Gasteiger partial charge is 0.240 e. The van der Waals surface area contributed by atoms with Gasteiger partial charge in [0.25, 0.3) is 0 Å². The average Bonchev–Trinajstić information content (AvgIpc) is 2.65. The lowest BCUT2D eigenvalue weighted by Gasteiger charge is -2.05. The van der Waals surface area contributed by atoms with E-state index in [0.29, 0.717) is 11.3 Å². The van der Waals surface area contributed by atoms with Gasteiger partial charge in [-0.2, -0.15) is 0 Å². The van der Waals surface area contributed by atoms with E-state index in [0.717, 1.165) is 16.8 Å². The van der Waals surface area contributed by atoms with Crippen LogP contribution in [0, 0.1) is 4.77 Å². The quantitative estimate of drug-likeness (QED) is 0.829. The molecule has 18 heavy (non-hydrogen) atoms. The first-order chi connectivity index (χ1) is 8.65. The normalized spacial score (nSPS) is 10.6. The number of benzene rings is 1. The number of imidazole rings is 1. The maximum atomic E-state index is 11.6. The first-order valence-electron chi connectivity index (χ1n) is 5.69. The number of methoxy groups -OCH3 is 1. The van der Waals surface area contributed by atoms with E-state index in [1.165, 1.54) is 0 Å². The molecule has 2 rings (SSSR count). The highest BCUT2D eigenvalue weighted by Gasteiger charge is 2.09. The standard InChI is InChI=1S/C12H15N3O2S/c1-3-13-11(16)7-15-10-6-8(17-2)4-5-9(10)14-12(15)18/h4-6H,3,7H2,1-2H3,(H,13,16)(H,14,18). The number of nitrogens with zero attached hydrogens (tertiary/aromatic N) is 1. The van der Waals surface area contributed by atoms with Gasteiger partial charge in [-0.1, -0.05) is 0 Å². The fourth-order valence-corrected chi connectivity index (χ4v) is 2.09. The molecule has 6 heteroatoms. The summed E-state index contributed by atoms with van der Waals surface area (Å²) in [7, 11) is 1.61. The summed E-state index contributed by atoms with van der Waals surface area (Å²) in [6.07, 6.45) is 0. The lowest BCUT2D eigenvalue weighted by molar-refractivity contribution is -0.121. The number of nitrogens with one attached hydrogen (secondary N) is 2. The van der Waals surface area contributed by atoms with Gasteiger partial charge in [0.15, 0.2) is 4.77 Å². The van der Waals surface area contributed by atoms with Gasteiger partial charge < -0.3 is 19.6 Å². The van der Waals surface area contributed by atoms with Gasteiger partial charge >= 0.3 is 0 Å². The Balaban J connectivity index is 2.45. The van der Waals surface area contributed by atoms with Crippen LogP contribution in [-0.2, 0) is 11.3 Å². The predicted molar refractivity (Wildman–Crippen MR) is 72.4 cm³/mol. The second-order valence-corrected chi connectivity index (χ2v) is 4.24. The van der Waals surface area contributed by atoms with Crippen LogP contribution >= 0.6 is 12.2 Å². The van der Waals surface area contributed by atoms with Crippen LogP contribution in [0.5, 0.6) is 5.75 Å². The minimum absolute atomic E-state index is 0.0580. The van der Waals surface area contributed by atoms with Crippen LogP contribution in [0.25, 0.3) is 11.0 Å². The van der Waals surface area contributed by atoms with E-state index in [4.69, 9.17) is 17.0 Å². The number of aromatic amines is 1. The Morgan fingerprint density at radius 1 is 1.56 bits per heavy atom. The zero-order valence-corrected chi connectivity index (χ0v) is 11.1. The Kier molecular flexibility index (Phi) is 3.66. The van der Waals surface area contributed by atoms with Crippen LogP contribution in [-0.4, -0.2) is 29.1 Å². The SMILES string of the molecule is CCNC(=O)Cn1c(=S)[nH]c2ccc(OC)cc21. The maximum absolute atomic E-state index is 11.6. The number of H-pyrrole nitrogens is 1. The molecule has 0 atom stereocenters. The fraction of sp³-hybridized carbons (Fsp3) is 0.333. The predicted octanol–water partition coefficient (Wildman–Crippen LogP) is 1.84. The molecular weight excluding hydrogens is 250 g/mol. The summed E-state index contributed by atoms with van der Waals surface area (Å²) in [4.78, 5) is 14.7. The molecule has 0 bridgehead atoms. The molecule has 0 aliphatic rings. The van der Waals surface area contributed by atoms with Crippen LogP contribution in [0.3, 0.4) is 0 Å². The number of likely N-dealkylation sites (N-methyl/N-ethyl adjacent to an activating group) is 1. The van der Waals surface area contributed by atoms with Crippen molar-refractivity contribution in [2.45, 2.75) is 13.5 Å². The third-order valence-corrected chi connectivity index (χ3v) is 2.98. The van der Waals surface area contributed by atoms with Crippen LogP contribution < -0.4 is 10.1 Å². The lowest BCUT2D eigenvalue weighted by atomic mass is 10.3. The van der Waals surface area contributed by atoms with E-state index in [-0.39, 0.29) is 12.5 Å². The highest BCUT2D eigenvalue weighted by molar-refractivity contribution is 7.71. The third-order valence-electron chi connectivity index (χ3n) is 2.66. The Bertz CT molecular complexity index is 630. The van der Waals surface area contributed by atoms with Gasteiger partial charge in [-0.3, -0.25) is 4.79 Å². The van der Waals surface area contributed by atoms with Gasteiger partial charge in [-0.15, -0.1) is 0 Å². The minimum atomic E-state index is -0.0580. The molecule has 0 radical (unpaired) electrons. The van der Waals surface area contributed by atoms with Crippen molar-refractivity contribution >= 4 is 29.2 Å². The molecule has 1 aromatic heterocycles. The number of rotatable bonds is 4. The number of fused-ring (bicyclic) bond motifs is 1. The summed E-state index contributed by atoms with van der Waals surface area (Å²) in [5, 5.41) is 2.75. The van der Waals surface area contributed by atoms with E-state index in [1.54, 1.807) is 11.7 Å². The number of hydrogen-bond donors (Lipinski definition) is 2. The first kappa shape index (κ1) is 12.6. The largest absolute Gasteiger partial charge is 0.497 e. The van der Waals surface area contributed by atoms with Crippen molar-refractivity contribution in [1.82, 2.24) is 14.9 Å². The molecule has 2 N–H and O–H groups in total. The van der Waals surface area contributed by atoms with Gasteiger partial charge in [0.1, 0.15) is 12.3 Å². The van der Waals surface area contributed by atoms with Crippen LogP contribution in [0.15, 0.2) is 18.2 Å². The Hall–Kier alpha value is -1.82. The topological polar surface area (TPSA) is 59.0 Å². The van der Waals surface area contributed by atoms with Crippen molar-refractivity contribution in [1.29, 1.82) is 0 Å². The molecule has 96 valence electrons. The second kappa shape index (κ2) is 5.22. The van der Waals surface area contributed by atoms with E-state index in [9.17, 15) is 4.79 Å². The molecule has 0 aliphatic heterocycles. The minimum Gasteiger partial charge on any atom is -0.497 e. The summed E-state index contributed by atoms with van der Waals surface area (Å²) >= 11 is 5.22. The fourth-order valence-electron chi connectivity index (χ4n) is 1.81. The van der Waals surface area contributed by atoms with Crippen molar-refractivity contribution in [3.63, 3.8) is 0 Å². The van der Waals surface area contributed by atoms with Crippen LogP contribution in [0.2, 0.25) is 0 Å². The Morgan fingerprint density at radius 2 is 2.33 bits per heavy atom. The van der Waals surface area contributed by atoms with Gasteiger partial charge in [0.05, 0.1) is 18.1 Å². The number of carbonyl (C=O) groups is 1. The lowest BCUT2D eigenvalue weighted by Crippen LogP contribution is -2.27. The molecule has 2 aromatic rings. The van der Waals surface area contributed by atoms with Crippen LogP contribution in [0.1, 0.15) is 6.92 Å². The van der Waals surface area contributed by atoms with E-state index >= 15 is 0 Å². The van der Waals surface area contributed by atoms with Gasteiger partial charge in [0, 0.05) is 12.6 Å². The van der Waals surface area contributed by atoms with E-state index in [2.05, 4.69) is 10.3 Å². The summed E-state index contributed by atoms with van der Waals surface area (Å²) in [6, 6.07) is 5.60. The molecular formula is C12H15N3O2S. The highest BCUT2D eigenvalue weighted by atomic mass is 32.1.